The van der Waals surface area contributed by atoms with Crippen LogP contribution in [0.3, 0.4) is 0 Å². The zero-order valence-corrected chi connectivity index (χ0v) is 15.2. The van der Waals surface area contributed by atoms with Crippen LogP contribution in [0.4, 0.5) is 0 Å². The van der Waals surface area contributed by atoms with Gasteiger partial charge >= 0.3 is 0 Å². The van der Waals surface area contributed by atoms with Crippen LogP contribution in [0.15, 0.2) is 18.2 Å². The molecule has 1 aromatic heterocycles. The van der Waals surface area contributed by atoms with Crippen LogP contribution < -0.4 is 14.8 Å². The fourth-order valence-electron chi connectivity index (χ4n) is 3.69. The maximum atomic E-state index is 12.6. The standard InChI is InChI=1S/C19H24N4O3/c1-23-7-6-15-14(10-23)17(22-21-15)19(24)20-9-12-8-13-4-3-5-16(25-2)18(13)26-11-12/h3-5,12H,6-11H2,1-2H3,(H,20,24)(H,21,22)/t12-/m1/s1. The van der Waals surface area contributed by atoms with Crippen LogP contribution in [0, 0.1) is 5.92 Å². The smallest absolute Gasteiger partial charge is 0.272 e. The van der Waals surface area contributed by atoms with Crippen molar-refractivity contribution in [1.82, 2.24) is 20.4 Å². The van der Waals surface area contributed by atoms with Crippen molar-refractivity contribution >= 4 is 5.91 Å². The third kappa shape index (κ3) is 3.14. The summed E-state index contributed by atoms with van der Waals surface area (Å²) in [5.74, 6) is 1.70. The van der Waals surface area contributed by atoms with Gasteiger partial charge in [0.1, 0.15) is 0 Å². The highest BCUT2D eigenvalue weighted by atomic mass is 16.5. The summed E-state index contributed by atoms with van der Waals surface area (Å²) in [6.45, 7) is 2.87. The van der Waals surface area contributed by atoms with E-state index in [1.165, 1.54) is 0 Å². The summed E-state index contributed by atoms with van der Waals surface area (Å²) in [6, 6.07) is 5.92. The van der Waals surface area contributed by atoms with Crippen molar-refractivity contribution in [2.24, 2.45) is 5.92 Å². The van der Waals surface area contributed by atoms with Gasteiger partial charge in [-0.2, -0.15) is 5.10 Å². The van der Waals surface area contributed by atoms with E-state index in [2.05, 4.69) is 27.5 Å². The molecule has 7 heteroatoms. The number of benzene rings is 1. The molecule has 2 aromatic rings. The molecule has 0 aliphatic carbocycles. The molecule has 0 saturated carbocycles. The van der Waals surface area contributed by atoms with E-state index < -0.39 is 0 Å². The van der Waals surface area contributed by atoms with Gasteiger partial charge in [0.25, 0.3) is 5.91 Å². The second-order valence-corrected chi connectivity index (χ2v) is 7.06. The van der Waals surface area contributed by atoms with Gasteiger partial charge in [-0.25, -0.2) is 0 Å². The summed E-state index contributed by atoms with van der Waals surface area (Å²) in [5, 5.41) is 10.3. The number of H-pyrrole nitrogens is 1. The highest BCUT2D eigenvalue weighted by Gasteiger charge is 2.26. The molecule has 0 saturated heterocycles. The van der Waals surface area contributed by atoms with Gasteiger partial charge in [-0.05, 0) is 25.1 Å². The zero-order valence-electron chi connectivity index (χ0n) is 15.2. The quantitative estimate of drug-likeness (QED) is 0.865. The van der Waals surface area contributed by atoms with Crippen molar-refractivity contribution in [3.63, 3.8) is 0 Å². The minimum Gasteiger partial charge on any atom is -0.493 e. The van der Waals surface area contributed by atoms with Crippen LogP contribution in [0.2, 0.25) is 0 Å². The lowest BCUT2D eigenvalue weighted by Crippen LogP contribution is -2.36. The summed E-state index contributed by atoms with van der Waals surface area (Å²) in [6.07, 6.45) is 1.76. The van der Waals surface area contributed by atoms with Crippen LogP contribution in [-0.2, 0) is 19.4 Å². The minimum atomic E-state index is -0.116. The first-order chi connectivity index (χ1) is 12.7. The van der Waals surface area contributed by atoms with Crippen molar-refractivity contribution in [2.75, 3.05) is 33.9 Å². The lowest BCUT2D eigenvalue weighted by atomic mass is 9.96. The van der Waals surface area contributed by atoms with Crippen LogP contribution in [0.5, 0.6) is 11.5 Å². The first-order valence-electron chi connectivity index (χ1n) is 8.97. The molecule has 138 valence electrons. The number of carbonyl (C=O) groups excluding carboxylic acids is 1. The molecule has 2 aliphatic heterocycles. The van der Waals surface area contributed by atoms with Gasteiger partial charge in [0.15, 0.2) is 17.2 Å². The Morgan fingerprint density at radius 3 is 3.23 bits per heavy atom. The number of para-hydroxylation sites is 1. The van der Waals surface area contributed by atoms with Crippen molar-refractivity contribution in [3.05, 3.63) is 40.7 Å². The number of rotatable bonds is 4. The lowest BCUT2D eigenvalue weighted by molar-refractivity contribution is 0.0931. The van der Waals surface area contributed by atoms with Crippen LogP contribution >= 0.6 is 0 Å². The van der Waals surface area contributed by atoms with E-state index in [1.807, 2.05) is 18.2 Å². The SMILES string of the molecule is COc1cccc2c1OC[C@@H](CNC(=O)c1n[nH]c3c1CN(C)CC3)C2. The third-order valence-electron chi connectivity index (χ3n) is 5.14. The fraction of sp³-hybridized carbons (Fsp3) is 0.474. The Labute approximate surface area is 152 Å². The van der Waals surface area contributed by atoms with Gasteiger partial charge in [-0.15, -0.1) is 0 Å². The molecule has 0 radical (unpaired) electrons. The second kappa shape index (κ2) is 6.99. The molecular weight excluding hydrogens is 332 g/mol. The summed E-state index contributed by atoms with van der Waals surface area (Å²) in [7, 11) is 3.70. The summed E-state index contributed by atoms with van der Waals surface area (Å²) in [4.78, 5) is 14.8. The van der Waals surface area contributed by atoms with Gasteiger partial charge in [-0.3, -0.25) is 9.89 Å². The molecule has 1 atom stereocenters. The fourth-order valence-corrected chi connectivity index (χ4v) is 3.69. The topological polar surface area (TPSA) is 79.5 Å². The number of nitrogens with one attached hydrogen (secondary N) is 2. The molecule has 0 spiro atoms. The Morgan fingerprint density at radius 1 is 1.50 bits per heavy atom. The number of methoxy groups -OCH3 is 1. The van der Waals surface area contributed by atoms with Crippen LogP contribution in [-0.4, -0.2) is 54.9 Å². The molecular formula is C19H24N4O3. The van der Waals surface area contributed by atoms with E-state index >= 15 is 0 Å². The Balaban J connectivity index is 1.39. The molecule has 0 fully saturated rings. The number of amides is 1. The van der Waals surface area contributed by atoms with E-state index in [-0.39, 0.29) is 11.8 Å². The first-order valence-corrected chi connectivity index (χ1v) is 8.97. The monoisotopic (exact) mass is 356 g/mol. The summed E-state index contributed by atoms with van der Waals surface area (Å²) >= 11 is 0. The predicted molar refractivity (Wildman–Crippen MR) is 96.6 cm³/mol. The number of ether oxygens (including phenoxy) is 2. The van der Waals surface area contributed by atoms with Gasteiger partial charge in [0.05, 0.1) is 13.7 Å². The molecule has 1 aromatic carbocycles. The highest BCUT2D eigenvalue weighted by molar-refractivity contribution is 5.94. The van der Waals surface area contributed by atoms with E-state index in [0.29, 0.717) is 18.8 Å². The van der Waals surface area contributed by atoms with Crippen molar-refractivity contribution in [3.8, 4) is 11.5 Å². The van der Waals surface area contributed by atoms with Crippen molar-refractivity contribution in [2.45, 2.75) is 19.4 Å². The van der Waals surface area contributed by atoms with Gasteiger partial charge in [0, 0.05) is 43.2 Å². The normalized spacial score (nSPS) is 19.2. The largest absolute Gasteiger partial charge is 0.493 e. The van der Waals surface area contributed by atoms with Crippen molar-refractivity contribution in [1.29, 1.82) is 0 Å². The minimum absolute atomic E-state index is 0.116. The number of aromatic amines is 1. The third-order valence-corrected chi connectivity index (χ3v) is 5.14. The predicted octanol–water partition coefficient (Wildman–Crippen LogP) is 1.39. The van der Waals surface area contributed by atoms with Gasteiger partial charge in [0.2, 0.25) is 0 Å². The average Bonchev–Trinajstić information content (AvgIpc) is 3.08. The van der Waals surface area contributed by atoms with Crippen LogP contribution in [0.1, 0.15) is 27.3 Å². The molecule has 26 heavy (non-hydrogen) atoms. The maximum Gasteiger partial charge on any atom is 0.272 e. The molecule has 3 heterocycles. The van der Waals surface area contributed by atoms with E-state index in [4.69, 9.17) is 9.47 Å². The Bertz CT molecular complexity index is 817. The van der Waals surface area contributed by atoms with Crippen molar-refractivity contribution < 1.29 is 14.3 Å². The lowest BCUT2D eigenvalue weighted by Gasteiger charge is -2.26. The summed E-state index contributed by atoms with van der Waals surface area (Å²) < 4.78 is 11.2. The first kappa shape index (κ1) is 16.9. The molecule has 0 bridgehead atoms. The Kier molecular flexibility index (Phi) is 4.55. The number of fused-ring (bicyclic) bond motifs is 2. The average molecular weight is 356 g/mol. The maximum absolute atomic E-state index is 12.6. The number of likely N-dealkylation sites (N-methyl/N-ethyl adjacent to an activating group) is 1. The Hall–Kier alpha value is -2.54. The molecule has 1 amide bonds. The number of hydrogen-bond donors (Lipinski definition) is 2. The summed E-state index contributed by atoms with van der Waals surface area (Å²) in [5.41, 5.74) is 3.74. The molecule has 7 nitrogen and oxygen atoms in total. The zero-order chi connectivity index (χ0) is 18.1. The molecule has 4 rings (SSSR count). The number of hydrogen-bond acceptors (Lipinski definition) is 5. The van der Waals surface area contributed by atoms with Gasteiger partial charge in [-0.1, -0.05) is 12.1 Å². The van der Waals surface area contributed by atoms with Gasteiger partial charge < -0.3 is 19.7 Å². The number of carbonyl (C=O) groups is 1. The van der Waals surface area contributed by atoms with Crippen LogP contribution in [0.25, 0.3) is 0 Å². The Morgan fingerprint density at radius 2 is 2.38 bits per heavy atom. The number of nitrogens with zero attached hydrogens (tertiary/aromatic N) is 2. The molecule has 2 aliphatic rings. The van der Waals surface area contributed by atoms with E-state index in [1.54, 1.807) is 7.11 Å². The second-order valence-electron chi connectivity index (χ2n) is 7.06. The number of aromatic nitrogens is 2. The molecule has 2 N–H and O–H groups in total. The van der Waals surface area contributed by atoms with E-state index in [9.17, 15) is 4.79 Å². The van der Waals surface area contributed by atoms with E-state index in [0.717, 1.165) is 54.3 Å². The highest BCUT2D eigenvalue weighted by Crippen LogP contribution is 2.35. The molecule has 0 unspecified atom stereocenters.